The largest absolute Gasteiger partial charge is 0.330 e. The van der Waals surface area contributed by atoms with Crippen LogP contribution in [0, 0.1) is 13.8 Å². The third-order valence-electron chi connectivity index (χ3n) is 5.48. The van der Waals surface area contributed by atoms with Gasteiger partial charge in [0.05, 0.1) is 21.4 Å². The first-order valence-corrected chi connectivity index (χ1v) is 11.6. The molecular weight excluding hydrogens is 404 g/mol. The van der Waals surface area contributed by atoms with E-state index >= 15 is 0 Å². The van der Waals surface area contributed by atoms with E-state index in [9.17, 15) is 4.79 Å². The predicted octanol–water partition coefficient (Wildman–Crippen LogP) is 4.17. The number of thioether (sulfide) groups is 1. The Morgan fingerprint density at radius 1 is 1.17 bits per heavy atom. The SMILES string of the molecule is Cc1nc2cc(C)c(Nc3ncc4c(n3)n(C3CCSCC3)c(=O)n4C)cc2s1. The van der Waals surface area contributed by atoms with E-state index in [0.29, 0.717) is 11.6 Å². The van der Waals surface area contributed by atoms with Gasteiger partial charge >= 0.3 is 5.69 Å². The zero-order valence-electron chi connectivity index (χ0n) is 16.6. The van der Waals surface area contributed by atoms with Crippen molar-refractivity contribution < 1.29 is 0 Å². The highest BCUT2D eigenvalue weighted by molar-refractivity contribution is 7.99. The molecule has 4 aromatic rings. The van der Waals surface area contributed by atoms with Gasteiger partial charge in [0.15, 0.2) is 5.65 Å². The number of fused-ring (bicyclic) bond motifs is 2. The van der Waals surface area contributed by atoms with E-state index < -0.39 is 0 Å². The molecular formula is C20H22N6OS2. The molecule has 0 unspecified atom stereocenters. The summed E-state index contributed by atoms with van der Waals surface area (Å²) in [6.45, 7) is 4.07. The van der Waals surface area contributed by atoms with E-state index in [2.05, 4.69) is 27.4 Å². The number of rotatable bonds is 3. The average Bonchev–Trinajstić information content (AvgIpc) is 3.18. The van der Waals surface area contributed by atoms with Crippen molar-refractivity contribution in [3.8, 4) is 0 Å². The molecule has 1 fully saturated rings. The number of nitrogens with zero attached hydrogens (tertiary/aromatic N) is 5. The second kappa shape index (κ2) is 7.14. The Kier molecular flexibility index (Phi) is 4.59. The summed E-state index contributed by atoms with van der Waals surface area (Å²) in [5.74, 6) is 2.67. The third kappa shape index (κ3) is 3.22. The molecule has 0 bridgehead atoms. The molecule has 0 saturated carbocycles. The number of imidazole rings is 1. The molecule has 1 aromatic carbocycles. The normalized spacial score (nSPS) is 15.4. The molecule has 5 rings (SSSR count). The Balaban J connectivity index is 1.57. The first kappa shape index (κ1) is 18.6. The van der Waals surface area contributed by atoms with Crippen molar-refractivity contribution in [1.29, 1.82) is 0 Å². The lowest BCUT2D eigenvalue weighted by Gasteiger charge is -2.22. The van der Waals surface area contributed by atoms with E-state index in [1.807, 2.05) is 30.2 Å². The summed E-state index contributed by atoms with van der Waals surface area (Å²) in [7, 11) is 1.79. The Morgan fingerprint density at radius 2 is 1.97 bits per heavy atom. The standard InChI is InChI=1S/C20H22N6OS2/c1-11-8-15-17(29-12(2)22-15)9-14(11)23-19-21-10-16-18(24-19)26(20(27)25(16)3)13-4-6-28-7-5-13/h8-10,13H,4-7H2,1-3H3,(H,21,23,24). The van der Waals surface area contributed by atoms with Crippen LogP contribution in [-0.2, 0) is 7.05 Å². The van der Waals surface area contributed by atoms with Crippen molar-refractivity contribution >= 4 is 56.1 Å². The highest BCUT2D eigenvalue weighted by Crippen LogP contribution is 2.31. The van der Waals surface area contributed by atoms with Crippen molar-refractivity contribution in [3.63, 3.8) is 0 Å². The van der Waals surface area contributed by atoms with E-state index in [1.165, 1.54) is 0 Å². The quantitative estimate of drug-likeness (QED) is 0.530. The van der Waals surface area contributed by atoms with Crippen LogP contribution in [0.2, 0.25) is 0 Å². The molecule has 1 aliphatic rings. The summed E-state index contributed by atoms with van der Waals surface area (Å²) in [4.78, 5) is 26.7. The van der Waals surface area contributed by atoms with E-state index in [1.54, 1.807) is 29.1 Å². The summed E-state index contributed by atoms with van der Waals surface area (Å²) in [6.07, 6.45) is 3.73. The predicted molar refractivity (Wildman–Crippen MR) is 121 cm³/mol. The number of aromatic nitrogens is 5. The first-order chi connectivity index (χ1) is 14.0. The van der Waals surface area contributed by atoms with Gasteiger partial charge in [-0.3, -0.25) is 9.13 Å². The summed E-state index contributed by atoms with van der Waals surface area (Å²) in [5.41, 5.74) is 4.52. The third-order valence-corrected chi connectivity index (χ3v) is 7.46. The first-order valence-electron chi connectivity index (χ1n) is 9.68. The molecule has 0 aliphatic carbocycles. The molecule has 0 spiro atoms. The molecule has 150 valence electrons. The van der Waals surface area contributed by atoms with Gasteiger partial charge in [-0.15, -0.1) is 11.3 Å². The Labute approximate surface area is 176 Å². The minimum atomic E-state index is -0.0129. The molecule has 1 saturated heterocycles. The van der Waals surface area contributed by atoms with Crippen LogP contribution >= 0.6 is 23.1 Å². The molecule has 0 atom stereocenters. The number of hydrogen-bond donors (Lipinski definition) is 1. The zero-order chi connectivity index (χ0) is 20.1. The van der Waals surface area contributed by atoms with Crippen LogP contribution in [0.3, 0.4) is 0 Å². The lowest BCUT2D eigenvalue weighted by molar-refractivity contribution is 0.461. The molecule has 0 amide bonds. The van der Waals surface area contributed by atoms with Gasteiger partial charge in [0.1, 0.15) is 5.52 Å². The van der Waals surface area contributed by atoms with Crippen LogP contribution in [0.15, 0.2) is 23.1 Å². The summed E-state index contributed by atoms with van der Waals surface area (Å²) < 4.78 is 4.65. The van der Waals surface area contributed by atoms with E-state index in [4.69, 9.17) is 4.98 Å². The molecule has 7 nitrogen and oxygen atoms in total. The minimum Gasteiger partial charge on any atom is -0.324 e. The number of nitrogens with one attached hydrogen (secondary N) is 1. The molecule has 3 aromatic heterocycles. The Hall–Kier alpha value is -2.39. The topological polar surface area (TPSA) is 77.6 Å². The van der Waals surface area contributed by atoms with Gasteiger partial charge < -0.3 is 5.32 Å². The summed E-state index contributed by atoms with van der Waals surface area (Å²) in [6, 6.07) is 4.38. The van der Waals surface area contributed by atoms with Crippen LogP contribution in [0.4, 0.5) is 11.6 Å². The fourth-order valence-electron chi connectivity index (χ4n) is 3.92. The van der Waals surface area contributed by atoms with Gasteiger partial charge in [-0.25, -0.2) is 14.8 Å². The maximum atomic E-state index is 12.9. The van der Waals surface area contributed by atoms with Gasteiger partial charge in [-0.2, -0.15) is 16.7 Å². The van der Waals surface area contributed by atoms with Crippen molar-refractivity contribution in [3.05, 3.63) is 39.4 Å². The summed E-state index contributed by atoms with van der Waals surface area (Å²) >= 11 is 3.62. The number of hydrogen-bond acceptors (Lipinski definition) is 7. The monoisotopic (exact) mass is 426 g/mol. The van der Waals surface area contributed by atoms with E-state index in [-0.39, 0.29) is 11.7 Å². The zero-order valence-corrected chi connectivity index (χ0v) is 18.2. The van der Waals surface area contributed by atoms with Crippen molar-refractivity contribution in [2.24, 2.45) is 7.05 Å². The number of thiazole rings is 1. The minimum absolute atomic E-state index is 0.0129. The molecule has 29 heavy (non-hydrogen) atoms. The molecule has 1 N–H and O–H groups in total. The van der Waals surface area contributed by atoms with E-state index in [0.717, 1.165) is 56.3 Å². The molecule has 1 aliphatic heterocycles. The summed E-state index contributed by atoms with van der Waals surface area (Å²) in [5, 5.41) is 4.40. The average molecular weight is 427 g/mol. The number of anilines is 2. The van der Waals surface area contributed by atoms with Crippen molar-refractivity contribution in [2.45, 2.75) is 32.7 Å². The number of aryl methyl sites for hydroxylation is 3. The molecule has 4 heterocycles. The van der Waals surface area contributed by atoms with Crippen LogP contribution in [0.1, 0.15) is 29.5 Å². The van der Waals surface area contributed by atoms with Crippen LogP contribution < -0.4 is 11.0 Å². The van der Waals surface area contributed by atoms with Crippen LogP contribution in [0.5, 0.6) is 0 Å². The smallest absolute Gasteiger partial charge is 0.324 e. The van der Waals surface area contributed by atoms with Gasteiger partial charge in [0.25, 0.3) is 0 Å². The van der Waals surface area contributed by atoms with Crippen molar-refractivity contribution in [2.75, 3.05) is 16.8 Å². The highest BCUT2D eigenvalue weighted by Gasteiger charge is 2.23. The van der Waals surface area contributed by atoms with Crippen LogP contribution in [0.25, 0.3) is 21.4 Å². The second-order valence-electron chi connectivity index (χ2n) is 7.45. The van der Waals surface area contributed by atoms with Gasteiger partial charge in [0.2, 0.25) is 5.95 Å². The fraction of sp³-hybridized carbons (Fsp3) is 0.400. The van der Waals surface area contributed by atoms with Crippen molar-refractivity contribution in [1.82, 2.24) is 24.1 Å². The number of benzene rings is 1. The molecule has 9 heteroatoms. The lowest BCUT2D eigenvalue weighted by Crippen LogP contribution is -2.28. The Morgan fingerprint density at radius 3 is 2.76 bits per heavy atom. The van der Waals surface area contributed by atoms with Crippen LogP contribution in [-0.4, -0.2) is 35.6 Å². The fourth-order valence-corrected chi connectivity index (χ4v) is 5.85. The highest BCUT2D eigenvalue weighted by atomic mass is 32.2. The lowest BCUT2D eigenvalue weighted by atomic mass is 10.1. The second-order valence-corrected chi connectivity index (χ2v) is 9.91. The maximum absolute atomic E-state index is 12.9. The Bertz CT molecular complexity index is 1280. The maximum Gasteiger partial charge on any atom is 0.330 e. The molecule has 0 radical (unpaired) electrons. The van der Waals surface area contributed by atoms with Gasteiger partial charge in [0, 0.05) is 18.8 Å². The van der Waals surface area contributed by atoms with Gasteiger partial charge in [-0.1, -0.05) is 0 Å². The van der Waals surface area contributed by atoms with Gasteiger partial charge in [-0.05, 0) is 55.9 Å².